The minimum Gasteiger partial charge on any atom is -0.453 e. The predicted molar refractivity (Wildman–Crippen MR) is 69.9 cm³/mol. The summed E-state index contributed by atoms with van der Waals surface area (Å²) in [4.78, 5) is 11.3. The van der Waals surface area contributed by atoms with Crippen LogP contribution in [0.5, 0.6) is 0 Å². The summed E-state index contributed by atoms with van der Waals surface area (Å²) < 4.78 is 5.42. The number of anilines is 1. The van der Waals surface area contributed by atoms with Crippen molar-refractivity contribution in [2.45, 2.75) is 13.0 Å². The molecule has 0 bridgehead atoms. The fourth-order valence-corrected chi connectivity index (χ4v) is 2.47. The number of rotatable bonds is 1. The fraction of sp³-hybridized carbons (Fsp3) is 0.133. The second kappa shape index (κ2) is 3.88. The van der Waals surface area contributed by atoms with E-state index in [1.807, 2.05) is 42.5 Å². The molecule has 0 fully saturated rings. The summed E-state index contributed by atoms with van der Waals surface area (Å²) in [5, 5.41) is 0. The van der Waals surface area contributed by atoms with Crippen LogP contribution in [0.2, 0.25) is 0 Å². The number of benzene rings is 2. The van der Waals surface area contributed by atoms with Gasteiger partial charge in [0.25, 0.3) is 0 Å². The molecule has 2 aromatic carbocycles. The lowest BCUT2D eigenvalue weighted by Gasteiger charge is -2.13. The summed E-state index contributed by atoms with van der Waals surface area (Å²) >= 11 is 0. The van der Waals surface area contributed by atoms with Crippen LogP contribution in [0.1, 0.15) is 24.2 Å². The molecule has 0 spiro atoms. The Hall–Kier alpha value is -2.29. The largest absolute Gasteiger partial charge is 0.453 e. The molecule has 0 saturated heterocycles. The van der Waals surface area contributed by atoms with Crippen LogP contribution in [-0.2, 0) is 9.53 Å². The van der Waals surface area contributed by atoms with Crippen molar-refractivity contribution in [3.63, 3.8) is 0 Å². The van der Waals surface area contributed by atoms with Crippen molar-refractivity contribution in [1.82, 2.24) is 0 Å². The molecule has 2 N–H and O–H groups in total. The van der Waals surface area contributed by atoms with E-state index in [1.165, 1.54) is 6.92 Å². The van der Waals surface area contributed by atoms with Gasteiger partial charge in [0, 0.05) is 23.7 Å². The molecular formula is C15H13NO2. The third-order valence-corrected chi connectivity index (χ3v) is 3.18. The summed E-state index contributed by atoms with van der Waals surface area (Å²) in [6.07, 6.45) is -0.336. The first-order valence-corrected chi connectivity index (χ1v) is 5.83. The van der Waals surface area contributed by atoms with Gasteiger partial charge in [-0.25, -0.2) is 0 Å². The molecular weight excluding hydrogens is 226 g/mol. The average Bonchev–Trinajstić information content (AvgIpc) is 2.63. The quantitative estimate of drug-likeness (QED) is 0.615. The number of hydrogen-bond donors (Lipinski definition) is 1. The van der Waals surface area contributed by atoms with Crippen LogP contribution < -0.4 is 5.73 Å². The van der Waals surface area contributed by atoms with Crippen molar-refractivity contribution in [3.8, 4) is 11.1 Å². The minimum absolute atomic E-state index is 0.287. The van der Waals surface area contributed by atoms with Crippen molar-refractivity contribution in [3.05, 3.63) is 53.6 Å². The Balaban J connectivity index is 2.21. The van der Waals surface area contributed by atoms with E-state index >= 15 is 0 Å². The Labute approximate surface area is 105 Å². The number of nitrogen functional groups attached to an aromatic ring is 1. The third kappa shape index (κ3) is 1.56. The van der Waals surface area contributed by atoms with E-state index in [9.17, 15) is 4.79 Å². The fourth-order valence-electron chi connectivity index (χ4n) is 2.47. The number of carbonyl (C=O) groups excluding carboxylic acids is 1. The van der Waals surface area contributed by atoms with Gasteiger partial charge in [-0.05, 0) is 23.3 Å². The minimum atomic E-state index is -0.336. The highest BCUT2D eigenvalue weighted by molar-refractivity contribution is 5.81. The number of fused-ring (bicyclic) bond motifs is 3. The van der Waals surface area contributed by atoms with Crippen molar-refractivity contribution in [2.24, 2.45) is 0 Å². The lowest BCUT2D eigenvalue weighted by molar-refractivity contribution is -0.144. The van der Waals surface area contributed by atoms with E-state index in [4.69, 9.17) is 10.5 Å². The van der Waals surface area contributed by atoms with Gasteiger partial charge in [-0.15, -0.1) is 0 Å². The number of ether oxygens (including phenoxy) is 1. The van der Waals surface area contributed by atoms with Gasteiger partial charge in [0.1, 0.15) is 0 Å². The molecule has 0 radical (unpaired) electrons. The van der Waals surface area contributed by atoms with E-state index in [-0.39, 0.29) is 12.1 Å². The molecule has 0 aliphatic heterocycles. The molecule has 1 unspecified atom stereocenters. The molecule has 3 nitrogen and oxygen atoms in total. The molecule has 0 heterocycles. The summed E-state index contributed by atoms with van der Waals surface area (Å²) in [5.74, 6) is -0.287. The molecule has 3 rings (SSSR count). The van der Waals surface area contributed by atoms with Crippen molar-refractivity contribution >= 4 is 11.7 Å². The molecule has 0 saturated carbocycles. The van der Waals surface area contributed by atoms with Crippen LogP contribution in [0.25, 0.3) is 11.1 Å². The van der Waals surface area contributed by atoms with Crippen molar-refractivity contribution in [1.29, 1.82) is 0 Å². The van der Waals surface area contributed by atoms with Crippen LogP contribution in [0.15, 0.2) is 42.5 Å². The first-order valence-electron chi connectivity index (χ1n) is 5.83. The SMILES string of the molecule is CC(=O)OC1c2ccccc2-c2ccc(N)cc21. The average molecular weight is 239 g/mol. The number of hydrogen-bond acceptors (Lipinski definition) is 3. The normalized spacial score (nSPS) is 15.9. The molecule has 3 heteroatoms. The van der Waals surface area contributed by atoms with Crippen LogP contribution in [-0.4, -0.2) is 5.97 Å². The molecule has 0 aromatic heterocycles. The molecule has 1 aliphatic carbocycles. The lowest BCUT2D eigenvalue weighted by atomic mass is 10.1. The zero-order valence-electron chi connectivity index (χ0n) is 10.0. The smallest absolute Gasteiger partial charge is 0.303 e. The second-order valence-corrected chi connectivity index (χ2v) is 4.42. The van der Waals surface area contributed by atoms with Gasteiger partial charge in [-0.1, -0.05) is 30.3 Å². The summed E-state index contributed by atoms with van der Waals surface area (Å²) in [6, 6.07) is 13.7. The number of nitrogens with two attached hydrogens (primary N) is 1. The second-order valence-electron chi connectivity index (χ2n) is 4.42. The maximum atomic E-state index is 11.3. The van der Waals surface area contributed by atoms with E-state index < -0.39 is 0 Å². The highest BCUT2D eigenvalue weighted by Crippen LogP contribution is 2.45. The molecule has 0 amide bonds. The van der Waals surface area contributed by atoms with E-state index in [1.54, 1.807) is 0 Å². The van der Waals surface area contributed by atoms with Gasteiger partial charge in [0.15, 0.2) is 6.10 Å². The Morgan fingerprint density at radius 2 is 1.83 bits per heavy atom. The number of carbonyl (C=O) groups is 1. The Bertz CT molecular complexity index is 634. The summed E-state index contributed by atoms with van der Waals surface area (Å²) in [5.41, 5.74) is 10.7. The van der Waals surface area contributed by atoms with Gasteiger partial charge in [-0.2, -0.15) is 0 Å². The highest BCUT2D eigenvalue weighted by Gasteiger charge is 2.30. The molecule has 1 aliphatic rings. The molecule has 2 aromatic rings. The molecule has 18 heavy (non-hydrogen) atoms. The Morgan fingerprint density at radius 3 is 2.61 bits per heavy atom. The molecule has 90 valence electrons. The highest BCUT2D eigenvalue weighted by atomic mass is 16.5. The zero-order valence-corrected chi connectivity index (χ0v) is 10.0. The van der Waals surface area contributed by atoms with Crippen molar-refractivity contribution < 1.29 is 9.53 Å². The van der Waals surface area contributed by atoms with Gasteiger partial charge in [0.2, 0.25) is 0 Å². The summed E-state index contributed by atoms with van der Waals surface area (Å²) in [6.45, 7) is 1.42. The van der Waals surface area contributed by atoms with E-state index in [2.05, 4.69) is 0 Å². The maximum Gasteiger partial charge on any atom is 0.303 e. The van der Waals surface area contributed by atoms with Crippen LogP contribution in [0, 0.1) is 0 Å². The van der Waals surface area contributed by atoms with Crippen LogP contribution >= 0.6 is 0 Å². The first-order chi connectivity index (χ1) is 8.66. The maximum absolute atomic E-state index is 11.3. The van der Waals surface area contributed by atoms with E-state index in [0.717, 1.165) is 22.3 Å². The van der Waals surface area contributed by atoms with Gasteiger partial charge in [-0.3, -0.25) is 4.79 Å². The van der Waals surface area contributed by atoms with Gasteiger partial charge in [0.05, 0.1) is 0 Å². The zero-order chi connectivity index (χ0) is 12.7. The van der Waals surface area contributed by atoms with Gasteiger partial charge < -0.3 is 10.5 Å². The summed E-state index contributed by atoms with van der Waals surface area (Å²) in [7, 11) is 0. The topological polar surface area (TPSA) is 52.3 Å². The van der Waals surface area contributed by atoms with Crippen LogP contribution in [0.3, 0.4) is 0 Å². The van der Waals surface area contributed by atoms with Crippen LogP contribution in [0.4, 0.5) is 5.69 Å². The first kappa shape index (κ1) is 10.8. The molecule has 1 atom stereocenters. The number of esters is 1. The predicted octanol–water partition coefficient (Wildman–Crippen LogP) is 2.90. The van der Waals surface area contributed by atoms with Gasteiger partial charge >= 0.3 is 5.97 Å². The third-order valence-electron chi connectivity index (χ3n) is 3.18. The Kier molecular flexibility index (Phi) is 2.33. The standard InChI is InChI=1S/C15H13NO2/c1-9(17)18-15-13-5-3-2-4-11(13)12-7-6-10(16)8-14(12)15/h2-8,15H,16H2,1H3. The lowest BCUT2D eigenvalue weighted by Crippen LogP contribution is -2.07. The monoisotopic (exact) mass is 239 g/mol. The van der Waals surface area contributed by atoms with Crippen molar-refractivity contribution in [2.75, 3.05) is 5.73 Å². The Morgan fingerprint density at radius 1 is 1.11 bits per heavy atom. The van der Waals surface area contributed by atoms with E-state index in [0.29, 0.717) is 5.69 Å².